The van der Waals surface area contributed by atoms with Crippen LogP contribution in [0.3, 0.4) is 0 Å². The van der Waals surface area contributed by atoms with Crippen LogP contribution in [0, 0.1) is 27.2 Å². The lowest BCUT2D eigenvalue weighted by molar-refractivity contribution is -0.386. The van der Waals surface area contributed by atoms with Crippen molar-refractivity contribution in [2.75, 3.05) is 0 Å². The van der Waals surface area contributed by atoms with Gasteiger partial charge in [0, 0.05) is 41.3 Å². The second-order valence-corrected chi connectivity index (χ2v) is 6.72. The number of fused-ring (bicyclic) bond motifs is 1. The maximum atomic E-state index is 11.2. The van der Waals surface area contributed by atoms with E-state index in [0.29, 0.717) is 6.54 Å². The van der Waals surface area contributed by atoms with Crippen LogP contribution in [-0.4, -0.2) is 19.6 Å². The first-order valence-corrected chi connectivity index (χ1v) is 9.04. The van der Waals surface area contributed by atoms with E-state index in [1.165, 1.54) is 25.1 Å². The zero-order valence-electron chi connectivity index (χ0n) is 15.9. The van der Waals surface area contributed by atoms with E-state index in [9.17, 15) is 20.2 Å². The number of hydrogen-bond donors (Lipinski definition) is 0. The highest BCUT2D eigenvalue weighted by Crippen LogP contribution is 2.28. The minimum Gasteiger partial charge on any atom is -0.349 e. The number of nitrogens with zero attached hydrogens (tertiary/aromatic N) is 4. The fraction of sp³-hybridized carbons (Fsp3) is 0.0952. The Morgan fingerprint density at radius 1 is 1.03 bits per heavy atom. The monoisotopic (exact) mass is 404 g/mol. The SMILES string of the molecule is Cc1noc(/C=C/c2cn(Cc3ccc([N+](=O)[O-])cc3)c3ccccc23)c1[N+](=O)[O-]. The average molecular weight is 404 g/mol. The number of aromatic nitrogens is 2. The molecule has 2 heterocycles. The molecule has 30 heavy (non-hydrogen) atoms. The molecule has 0 bridgehead atoms. The maximum Gasteiger partial charge on any atom is 0.338 e. The molecule has 4 rings (SSSR count). The number of hydrogen-bond acceptors (Lipinski definition) is 6. The van der Waals surface area contributed by atoms with E-state index in [4.69, 9.17) is 4.52 Å². The molecular formula is C21H16N4O5. The third-order valence-corrected chi connectivity index (χ3v) is 4.77. The number of nitro benzene ring substituents is 1. The normalized spacial score (nSPS) is 11.4. The zero-order valence-corrected chi connectivity index (χ0v) is 15.9. The van der Waals surface area contributed by atoms with Crippen LogP contribution in [-0.2, 0) is 6.54 Å². The van der Waals surface area contributed by atoms with E-state index in [1.807, 2.05) is 35.0 Å². The first kappa shape index (κ1) is 19.1. The van der Waals surface area contributed by atoms with Crippen LogP contribution in [0.2, 0.25) is 0 Å². The minimum absolute atomic E-state index is 0.0451. The summed E-state index contributed by atoms with van der Waals surface area (Å²) in [4.78, 5) is 21.1. The molecule has 2 aromatic heterocycles. The lowest BCUT2D eigenvalue weighted by atomic mass is 10.1. The molecule has 4 aromatic rings. The zero-order chi connectivity index (χ0) is 21.3. The molecule has 0 amide bonds. The molecule has 9 heteroatoms. The van der Waals surface area contributed by atoms with Crippen molar-refractivity contribution in [1.29, 1.82) is 0 Å². The van der Waals surface area contributed by atoms with Crippen molar-refractivity contribution < 1.29 is 14.4 Å². The quantitative estimate of drug-likeness (QED) is 0.331. The molecule has 0 saturated carbocycles. The van der Waals surface area contributed by atoms with Gasteiger partial charge in [-0.2, -0.15) is 0 Å². The largest absolute Gasteiger partial charge is 0.349 e. The Bertz CT molecular complexity index is 1280. The predicted molar refractivity (Wildman–Crippen MR) is 111 cm³/mol. The van der Waals surface area contributed by atoms with Gasteiger partial charge in [0.2, 0.25) is 5.76 Å². The smallest absolute Gasteiger partial charge is 0.338 e. The minimum atomic E-state index is -0.511. The van der Waals surface area contributed by atoms with Gasteiger partial charge in [-0.3, -0.25) is 20.2 Å². The summed E-state index contributed by atoms with van der Waals surface area (Å²) in [5.74, 6) is 0.0877. The van der Waals surface area contributed by atoms with Crippen molar-refractivity contribution in [1.82, 2.24) is 9.72 Å². The van der Waals surface area contributed by atoms with Gasteiger partial charge >= 0.3 is 5.69 Å². The maximum absolute atomic E-state index is 11.2. The van der Waals surface area contributed by atoms with Gasteiger partial charge in [-0.15, -0.1) is 0 Å². The average Bonchev–Trinajstić information content (AvgIpc) is 3.27. The van der Waals surface area contributed by atoms with Gasteiger partial charge in [-0.25, -0.2) is 0 Å². The van der Waals surface area contributed by atoms with E-state index in [2.05, 4.69) is 5.16 Å². The summed E-state index contributed by atoms with van der Waals surface area (Å²) < 4.78 is 7.11. The van der Waals surface area contributed by atoms with Crippen LogP contribution < -0.4 is 0 Å². The fourth-order valence-electron chi connectivity index (χ4n) is 3.34. The van der Waals surface area contributed by atoms with Crippen molar-refractivity contribution >= 4 is 34.4 Å². The highest BCUT2D eigenvalue weighted by molar-refractivity contribution is 5.92. The molecule has 0 aliphatic heterocycles. The molecule has 9 nitrogen and oxygen atoms in total. The molecule has 0 aliphatic carbocycles. The molecule has 0 fully saturated rings. The molecule has 0 saturated heterocycles. The van der Waals surface area contributed by atoms with Crippen LogP contribution in [0.5, 0.6) is 0 Å². The van der Waals surface area contributed by atoms with Crippen molar-refractivity contribution in [2.45, 2.75) is 13.5 Å². The van der Waals surface area contributed by atoms with Gasteiger partial charge in [0.05, 0.1) is 9.85 Å². The number of para-hydroxylation sites is 1. The van der Waals surface area contributed by atoms with Gasteiger partial charge in [0.25, 0.3) is 5.69 Å². The van der Waals surface area contributed by atoms with Gasteiger partial charge < -0.3 is 9.09 Å². The summed E-state index contributed by atoms with van der Waals surface area (Å²) in [7, 11) is 0. The molecule has 0 N–H and O–H groups in total. The summed E-state index contributed by atoms with van der Waals surface area (Å²) >= 11 is 0. The molecule has 2 aromatic carbocycles. The van der Waals surface area contributed by atoms with Crippen molar-refractivity contribution in [3.05, 3.63) is 97.5 Å². The topological polar surface area (TPSA) is 117 Å². The molecule has 0 aliphatic rings. The Labute approximate surface area is 170 Å². The number of rotatable bonds is 6. The summed E-state index contributed by atoms with van der Waals surface area (Å²) in [6, 6.07) is 14.2. The van der Waals surface area contributed by atoms with E-state index in [0.717, 1.165) is 22.0 Å². The Kier molecular flexibility index (Phi) is 4.85. The molecule has 0 radical (unpaired) electrons. The van der Waals surface area contributed by atoms with Crippen molar-refractivity contribution in [2.24, 2.45) is 0 Å². The molecule has 0 spiro atoms. The standard InChI is InChI=1S/C21H16N4O5/c1-14-21(25(28)29)20(30-22-14)11-8-16-13-23(19-5-3-2-4-18(16)19)12-15-6-9-17(10-7-15)24(26)27/h2-11,13H,12H2,1H3/b11-8+. The van der Waals surface area contributed by atoms with E-state index < -0.39 is 9.85 Å². The van der Waals surface area contributed by atoms with E-state index in [1.54, 1.807) is 18.2 Å². The molecule has 0 atom stereocenters. The number of aryl methyl sites for hydroxylation is 1. The molecule has 0 unspecified atom stereocenters. The first-order valence-electron chi connectivity index (χ1n) is 9.04. The van der Waals surface area contributed by atoms with Crippen LogP contribution >= 0.6 is 0 Å². The highest BCUT2D eigenvalue weighted by atomic mass is 16.6. The van der Waals surface area contributed by atoms with E-state index >= 15 is 0 Å². The number of nitro groups is 2. The van der Waals surface area contributed by atoms with Gasteiger partial charge in [0.1, 0.15) is 0 Å². The van der Waals surface area contributed by atoms with Crippen LogP contribution in [0.1, 0.15) is 22.6 Å². The summed E-state index contributed by atoms with van der Waals surface area (Å²) in [5.41, 5.74) is 2.86. The summed E-state index contributed by atoms with van der Waals surface area (Å²) in [5, 5.41) is 26.7. The molecule has 150 valence electrons. The van der Waals surface area contributed by atoms with Gasteiger partial charge in [-0.1, -0.05) is 35.5 Å². The number of non-ortho nitro benzene ring substituents is 1. The second-order valence-electron chi connectivity index (χ2n) is 6.72. The van der Waals surface area contributed by atoms with Crippen LogP contribution in [0.4, 0.5) is 11.4 Å². The Balaban J connectivity index is 1.69. The predicted octanol–water partition coefficient (Wildman–Crippen LogP) is 4.97. The molecular weight excluding hydrogens is 388 g/mol. The Hall–Kier alpha value is -4.27. The second kappa shape index (κ2) is 7.63. The lowest BCUT2D eigenvalue weighted by Gasteiger charge is -2.05. The summed E-state index contributed by atoms with van der Waals surface area (Å²) in [6.07, 6.45) is 5.22. The fourth-order valence-corrected chi connectivity index (χ4v) is 3.34. The Morgan fingerprint density at radius 2 is 1.77 bits per heavy atom. The number of benzene rings is 2. The highest BCUT2D eigenvalue weighted by Gasteiger charge is 2.22. The van der Waals surface area contributed by atoms with Gasteiger partial charge in [0.15, 0.2) is 5.69 Å². The third-order valence-electron chi connectivity index (χ3n) is 4.77. The first-order chi connectivity index (χ1) is 14.4. The van der Waals surface area contributed by atoms with E-state index in [-0.39, 0.29) is 22.8 Å². The lowest BCUT2D eigenvalue weighted by Crippen LogP contribution is -1.98. The Morgan fingerprint density at radius 3 is 2.47 bits per heavy atom. The van der Waals surface area contributed by atoms with Crippen molar-refractivity contribution in [3.63, 3.8) is 0 Å². The van der Waals surface area contributed by atoms with Gasteiger partial charge in [-0.05, 0) is 30.7 Å². The van der Waals surface area contributed by atoms with Crippen molar-refractivity contribution in [3.8, 4) is 0 Å². The van der Waals surface area contributed by atoms with Crippen LogP contribution in [0.25, 0.3) is 23.1 Å². The third kappa shape index (κ3) is 3.55. The van der Waals surface area contributed by atoms with Crippen LogP contribution in [0.15, 0.2) is 59.3 Å². The summed E-state index contributed by atoms with van der Waals surface area (Å²) in [6.45, 7) is 2.04.